The van der Waals surface area contributed by atoms with Crippen LogP contribution in [0.5, 0.6) is 0 Å². The van der Waals surface area contributed by atoms with Crippen molar-refractivity contribution in [2.45, 2.75) is 0 Å². The van der Waals surface area contributed by atoms with Crippen LogP contribution in [0.3, 0.4) is 0 Å². The summed E-state index contributed by atoms with van der Waals surface area (Å²) in [5, 5.41) is 2.30. The van der Waals surface area contributed by atoms with Gasteiger partial charge in [-0.2, -0.15) is 0 Å². The number of rotatable bonds is 1. The summed E-state index contributed by atoms with van der Waals surface area (Å²) >= 11 is 0. The summed E-state index contributed by atoms with van der Waals surface area (Å²) in [6.45, 7) is 0. The number of hydrogen-bond donors (Lipinski definition) is 0. The molecule has 0 amide bonds. The predicted octanol–water partition coefficient (Wildman–Crippen LogP) is 4.45. The monoisotopic (exact) mass is 315 g/mol. The third kappa shape index (κ3) is 2.53. The van der Waals surface area contributed by atoms with Crippen molar-refractivity contribution in [3.63, 3.8) is 0 Å². The molecule has 0 fully saturated rings. The fourth-order valence-electron chi connectivity index (χ4n) is 2.42. The standard InChI is InChI=1S/C18H12N2.Co/c1-3-7-15-13(5-1)9-11-17(19-15)18-12-10-14-6-2-4-8-16(14)20-18;/h1-12H;. The minimum absolute atomic E-state index is 0. The molecule has 0 saturated heterocycles. The first-order valence-corrected chi connectivity index (χ1v) is 6.62. The van der Waals surface area contributed by atoms with Gasteiger partial charge in [-0.3, -0.25) is 0 Å². The van der Waals surface area contributed by atoms with Gasteiger partial charge in [-0.1, -0.05) is 48.5 Å². The van der Waals surface area contributed by atoms with Crippen molar-refractivity contribution in [3.05, 3.63) is 72.8 Å². The first-order chi connectivity index (χ1) is 9.90. The van der Waals surface area contributed by atoms with Crippen molar-refractivity contribution >= 4 is 21.8 Å². The summed E-state index contributed by atoms with van der Waals surface area (Å²) in [6, 6.07) is 24.5. The Morgan fingerprint density at radius 3 is 1.38 bits per heavy atom. The topological polar surface area (TPSA) is 25.8 Å². The van der Waals surface area contributed by atoms with Crippen molar-refractivity contribution < 1.29 is 16.8 Å². The Balaban J connectivity index is 0.00000132. The molecule has 2 aromatic heterocycles. The van der Waals surface area contributed by atoms with E-state index in [1.165, 1.54) is 0 Å². The van der Waals surface area contributed by atoms with Gasteiger partial charge in [0.25, 0.3) is 0 Å². The van der Waals surface area contributed by atoms with Gasteiger partial charge in [0, 0.05) is 27.6 Å². The van der Waals surface area contributed by atoms with Crippen molar-refractivity contribution in [1.82, 2.24) is 9.97 Å². The van der Waals surface area contributed by atoms with Crippen molar-refractivity contribution in [3.8, 4) is 11.4 Å². The van der Waals surface area contributed by atoms with Crippen LogP contribution in [0.15, 0.2) is 72.8 Å². The maximum absolute atomic E-state index is 4.69. The van der Waals surface area contributed by atoms with Crippen LogP contribution in [-0.2, 0) is 16.8 Å². The Bertz CT molecular complexity index is 841. The maximum atomic E-state index is 4.69. The second-order valence-corrected chi connectivity index (χ2v) is 4.78. The fourth-order valence-corrected chi connectivity index (χ4v) is 2.42. The van der Waals surface area contributed by atoms with E-state index in [1.54, 1.807) is 0 Å². The molecule has 0 bridgehead atoms. The number of para-hydroxylation sites is 2. The molecule has 21 heavy (non-hydrogen) atoms. The normalized spacial score (nSPS) is 10.5. The van der Waals surface area contributed by atoms with Gasteiger partial charge in [-0.15, -0.1) is 0 Å². The van der Waals surface area contributed by atoms with E-state index >= 15 is 0 Å². The van der Waals surface area contributed by atoms with Crippen LogP contribution >= 0.6 is 0 Å². The smallest absolute Gasteiger partial charge is 0.0894 e. The van der Waals surface area contributed by atoms with Crippen LogP contribution in [0.25, 0.3) is 33.2 Å². The molecular formula is C18H12CoN2. The molecule has 2 heterocycles. The molecule has 1 radical (unpaired) electrons. The third-order valence-electron chi connectivity index (χ3n) is 3.46. The van der Waals surface area contributed by atoms with E-state index in [4.69, 9.17) is 0 Å². The van der Waals surface area contributed by atoms with Crippen LogP contribution in [0.4, 0.5) is 0 Å². The summed E-state index contributed by atoms with van der Waals surface area (Å²) < 4.78 is 0. The van der Waals surface area contributed by atoms with Gasteiger partial charge < -0.3 is 0 Å². The van der Waals surface area contributed by atoms with Gasteiger partial charge in [0.2, 0.25) is 0 Å². The SMILES string of the molecule is [Co].c1ccc2nc(-c3ccc4ccccc4n3)ccc2c1. The summed E-state index contributed by atoms with van der Waals surface area (Å²) in [5.41, 5.74) is 3.82. The molecule has 0 atom stereocenters. The van der Waals surface area contributed by atoms with Crippen molar-refractivity contribution in [2.75, 3.05) is 0 Å². The zero-order valence-electron chi connectivity index (χ0n) is 11.2. The molecule has 0 N–H and O–H groups in total. The van der Waals surface area contributed by atoms with Gasteiger partial charge in [0.05, 0.1) is 22.4 Å². The molecule has 0 aliphatic carbocycles. The fraction of sp³-hybridized carbons (Fsp3) is 0. The Kier molecular flexibility index (Phi) is 3.69. The summed E-state index contributed by atoms with van der Waals surface area (Å²) in [4.78, 5) is 9.38. The van der Waals surface area contributed by atoms with E-state index in [0.717, 1.165) is 33.2 Å². The van der Waals surface area contributed by atoms with Gasteiger partial charge in [-0.05, 0) is 24.3 Å². The van der Waals surface area contributed by atoms with Crippen LogP contribution in [0.2, 0.25) is 0 Å². The summed E-state index contributed by atoms with van der Waals surface area (Å²) in [6.07, 6.45) is 0. The Hall–Kier alpha value is -2.23. The minimum Gasteiger partial charge on any atom is -0.246 e. The predicted molar refractivity (Wildman–Crippen MR) is 82.5 cm³/mol. The number of fused-ring (bicyclic) bond motifs is 2. The van der Waals surface area contributed by atoms with Crippen molar-refractivity contribution in [1.29, 1.82) is 0 Å². The first kappa shape index (κ1) is 13.7. The molecule has 2 nitrogen and oxygen atoms in total. The molecule has 0 unspecified atom stereocenters. The van der Waals surface area contributed by atoms with Gasteiger partial charge >= 0.3 is 0 Å². The quantitative estimate of drug-likeness (QED) is 0.519. The molecular weight excluding hydrogens is 303 g/mol. The zero-order chi connectivity index (χ0) is 13.4. The van der Waals surface area contributed by atoms with Crippen LogP contribution in [0, 0.1) is 0 Å². The average Bonchev–Trinajstić information content (AvgIpc) is 2.54. The molecule has 0 saturated carbocycles. The number of nitrogens with zero attached hydrogens (tertiary/aromatic N) is 2. The van der Waals surface area contributed by atoms with Crippen LogP contribution < -0.4 is 0 Å². The van der Waals surface area contributed by atoms with E-state index in [2.05, 4.69) is 34.2 Å². The molecule has 0 aliphatic rings. The van der Waals surface area contributed by atoms with E-state index in [1.807, 2.05) is 48.5 Å². The van der Waals surface area contributed by atoms with Gasteiger partial charge in [0.1, 0.15) is 0 Å². The number of aromatic nitrogens is 2. The minimum atomic E-state index is 0. The number of benzene rings is 2. The van der Waals surface area contributed by atoms with Crippen LogP contribution in [-0.4, -0.2) is 9.97 Å². The van der Waals surface area contributed by atoms with Gasteiger partial charge in [0.15, 0.2) is 0 Å². The zero-order valence-corrected chi connectivity index (χ0v) is 12.2. The molecule has 0 spiro atoms. The Morgan fingerprint density at radius 1 is 0.476 bits per heavy atom. The molecule has 103 valence electrons. The van der Waals surface area contributed by atoms with E-state index in [9.17, 15) is 0 Å². The molecule has 2 aromatic carbocycles. The van der Waals surface area contributed by atoms with Crippen LogP contribution in [0.1, 0.15) is 0 Å². The molecule has 4 rings (SSSR count). The van der Waals surface area contributed by atoms with E-state index in [-0.39, 0.29) is 16.8 Å². The summed E-state index contributed by atoms with van der Waals surface area (Å²) in [7, 11) is 0. The van der Waals surface area contributed by atoms with Gasteiger partial charge in [-0.25, -0.2) is 9.97 Å². The largest absolute Gasteiger partial charge is 0.246 e. The Labute approximate surface area is 133 Å². The first-order valence-electron chi connectivity index (χ1n) is 6.62. The summed E-state index contributed by atoms with van der Waals surface area (Å²) in [5.74, 6) is 0. The molecule has 3 heteroatoms. The second-order valence-electron chi connectivity index (χ2n) is 4.78. The van der Waals surface area contributed by atoms with E-state index in [0.29, 0.717) is 0 Å². The third-order valence-corrected chi connectivity index (χ3v) is 3.46. The second kappa shape index (κ2) is 5.64. The number of hydrogen-bond acceptors (Lipinski definition) is 2. The molecule has 4 aromatic rings. The Morgan fingerprint density at radius 2 is 0.905 bits per heavy atom. The average molecular weight is 315 g/mol. The van der Waals surface area contributed by atoms with Crippen molar-refractivity contribution in [2.24, 2.45) is 0 Å². The molecule has 0 aliphatic heterocycles. The maximum Gasteiger partial charge on any atom is 0.0894 e. The van der Waals surface area contributed by atoms with E-state index < -0.39 is 0 Å². The number of pyridine rings is 2.